The fourth-order valence-corrected chi connectivity index (χ4v) is 1.81. The topological polar surface area (TPSA) is 29.0 Å². The van der Waals surface area contributed by atoms with Crippen molar-refractivity contribution >= 4 is 5.95 Å². The molecule has 0 aromatic carbocycles. The Bertz CT molecular complexity index is 318. The van der Waals surface area contributed by atoms with Crippen LogP contribution in [-0.4, -0.2) is 23.1 Å². The average Bonchev–Trinajstić information content (AvgIpc) is 2.81. The van der Waals surface area contributed by atoms with Crippen molar-refractivity contribution < 1.29 is 0 Å². The molecule has 0 amide bonds. The van der Waals surface area contributed by atoms with Crippen molar-refractivity contribution in [2.75, 3.05) is 18.0 Å². The van der Waals surface area contributed by atoms with Crippen LogP contribution in [0.5, 0.6) is 0 Å². The molecule has 1 aromatic heterocycles. The van der Waals surface area contributed by atoms with Gasteiger partial charge >= 0.3 is 0 Å². The van der Waals surface area contributed by atoms with E-state index in [-0.39, 0.29) is 0 Å². The number of aromatic nitrogens is 2. The van der Waals surface area contributed by atoms with Gasteiger partial charge in [-0.15, -0.1) is 0 Å². The fraction of sp³-hybridized carbons (Fsp3) is 0.692. The highest BCUT2D eigenvalue weighted by molar-refractivity contribution is 5.36. The van der Waals surface area contributed by atoms with Crippen LogP contribution in [-0.2, 0) is 0 Å². The third-order valence-corrected chi connectivity index (χ3v) is 3.01. The predicted molar refractivity (Wildman–Crippen MR) is 69.0 cm³/mol. The molecule has 1 aliphatic rings. The Labute approximate surface area is 98.9 Å². The van der Waals surface area contributed by atoms with Crippen molar-refractivity contribution in [1.29, 1.82) is 0 Å². The first-order valence-corrected chi connectivity index (χ1v) is 6.25. The van der Waals surface area contributed by atoms with Crippen LogP contribution >= 0.6 is 0 Å². The molecule has 0 saturated carbocycles. The minimum absolute atomic E-state index is 0.920. The van der Waals surface area contributed by atoms with Gasteiger partial charge in [-0.25, -0.2) is 9.97 Å². The van der Waals surface area contributed by atoms with E-state index in [1.54, 1.807) is 0 Å². The molecule has 1 aliphatic heterocycles. The van der Waals surface area contributed by atoms with Crippen LogP contribution in [0, 0.1) is 20.8 Å². The van der Waals surface area contributed by atoms with Gasteiger partial charge in [-0.3, -0.25) is 0 Å². The summed E-state index contributed by atoms with van der Waals surface area (Å²) in [5.74, 6) is 0.920. The molecule has 1 saturated heterocycles. The van der Waals surface area contributed by atoms with Gasteiger partial charge in [-0.2, -0.15) is 0 Å². The summed E-state index contributed by atoms with van der Waals surface area (Å²) in [6.45, 7) is 12.4. The standard InChI is InChI=1S/C11H17N3.C2H6/c1-8-9(2)12-11(13-10(8)3)14-6-4-5-7-14;1-2/h4-7H2,1-3H3;1-2H3. The molecule has 0 unspecified atom stereocenters. The Kier molecular flexibility index (Phi) is 4.71. The van der Waals surface area contributed by atoms with Crippen molar-refractivity contribution in [3.8, 4) is 0 Å². The van der Waals surface area contributed by atoms with Gasteiger partial charge in [-0.05, 0) is 39.2 Å². The van der Waals surface area contributed by atoms with E-state index in [1.807, 2.05) is 13.8 Å². The molecule has 0 bridgehead atoms. The second kappa shape index (κ2) is 5.83. The summed E-state index contributed by atoms with van der Waals surface area (Å²) in [7, 11) is 0. The van der Waals surface area contributed by atoms with Crippen LogP contribution in [0.2, 0.25) is 0 Å². The molecular weight excluding hydrogens is 198 g/mol. The SMILES string of the molecule is CC.Cc1nc(N2CCCC2)nc(C)c1C. The molecule has 0 spiro atoms. The minimum atomic E-state index is 0.920. The average molecular weight is 221 g/mol. The Morgan fingerprint density at radius 3 is 1.75 bits per heavy atom. The van der Waals surface area contributed by atoms with E-state index < -0.39 is 0 Å². The summed E-state index contributed by atoms with van der Waals surface area (Å²) in [5, 5.41) is 0. The van der Waals surface area contributed by atoms with Gasteiger partial charge in [0.15, 0.2) is 0 Å². The second-order valence-corrected chi connectivity index (χ2v) is 4.01. The van der Waals surface area contributed by atoms with E-state index in [2.05, 4.69) is 35.6 Å². The van der Waals surface area contributed by atoms with Gasteiger partial charge in [-0.1, -0.05) is 13.8 Å². The molecule has 1 fully saturated rings. The van der Waals surface area contributed by atoms with Gasteiger partial charge < -0.3 is 4.90 Å². The molecule has 0 N–H and O–H groups in total. The van der Waals surface area contributed by atoms with Crippen LogP contribution in [0.15, 0.2) is 0 Å². The highest BCUT2D eigenvalue weighted by Gasteiger charge is 2.16. The van der Waals surface area contributed by atoms with Crippen molar-refractivity contribution in [3.05, 3.63) is 17.0 Å². The minimum Gasteiger partial charge on any atom is -0.341 e. The van der Waals surface area contributed by atoms with Crippen LogP contribution in [0.25, 0.3) is 0 Å². The van der Waals surface area contributed by atoms with Crippen LogP contribution in [0.4, 0.5) is 5.95 Å². The first-order valence-electron chi connectivity index (χ1n) is 6.25. The largest absolute Gasteiger partial charge is 0.341 e. The number of nitrogens with zero attached hydrogens (tertiary/aromatic N) is 3. The molecule has 90 valence electrons. The maximum Gasteiger partial charge on any atom is 0.225 e. The van der Waals surface area contributed by atoms with Crippen LogP contribution < -0.4 is 4.90 Å². The van der Waals surface area contributed by atoms with Crippen molar-refractivity contribution in [2.45, 2.75) is 47.5 Å². The number of hydrogen-bond donors (Lipinski definition) is 0. The first kappa shape index (κ1) is 12.9. The summed E-state index contributed by atoms with van der Waals surface area (Å²) in [5.41, 5.74) is 3.44. The molecular formula is C13H23N3. The summed E-state index contributed by atoms with van der Waals surface area (Å²) in [6, 6.07) is 0. The summed E-state index contributed by atoms with van der Waals surface area (Å²) in [6.07, 6.45) is 2.55. The number of hydrogen-bond acceptors (Lipinski definition) is 3. The van der Waals surface area contributed by atoms with Crippen molar-refractivity contribution in [1.82, 2.24) is 9.97 Å². The van der Waals surface area contributed by atoms with Gasteiger partial charge in [0.25, 0.3) is 0 Å². The second-order valence-electron chi connectivity index (χ2n) is 4.01. The molecule has 3 heteroatoms. The van der Waals surface area contributed by atoms with Crippen molar-refractivity contribution in [3.63, 3.8) is 0 Å². The van der Waals surface area contributed by atoms with Crippen LogP contribution in [0.3, 0.4) is 0 Å². The summed E-state index contributed by atoms with van der Waals surface area (Å²) in [4.78, 5) is 11.3. The lowest BCUT2D eigenvalue weighted by Gasteiger charge is -2.16. The predicted octanol–water partition coefficient (Wildman–Crippen LogP) is 3.03. The Morgan fingerprint density at radius 1 is 0.875 bits per heavy atom. The summed E-state index contributed by atoms with van der Waals surface area (Å²) < 4.78 is 0. The van der Waals surface area contributed by atoms with E-state index in [4.69, 9.17) is 0 Å². The first-order chi connectivity index (χ1) is 7.68. The molecule has 16 heavy (non-hydrogen) atoms. The van der Waals surface area contributed by atoms with Crippen LogP contribution in [0.1, 0.15) is 43.6 Å². The van der Waals surface area contributed by atoms with Gasteiger partial charge in [0, 0.05) is 24.5 Å². The highest BCUT2D eigenvalue weighted by atomic mass is 15.3. The number of aryl methyl sites for hydroxylation is 2. The highest BCUT2D eigenvalue weighted by Crippen LogP contribution is 2.18. The van der Waals surface area contributed by atoms with Crippen molar-refractivity contribution in [2.24, 2.45) is 0 Å². The third-order valence-electron chi connectivity index (χ3n) is 3.01. The molecule has 0 atom stereocenters. The lowest BCUT2D eigenvalue weighted by Crippen LogP contribution is -2.21. The van der Waals surface area contributed by atoms with E-state index >= 15 is 0 Å². The Balaban J connectivity index is 0.000000606. The quantitative estimate of drug-likeness (QED) is 0.730. The van der Waals surface area contributed by atoms with Gasteiger partial charge in [0.1, 0.15) is 0 Å². The monoisotopic (exact) mass is 221 g/mol. The molecule has 0 radical (unpaired) electrons. The fourth-order valence-electron chi connectivity index (χ4n) is 1.81. The molecule has 0 aliphatic carbocycles. The normalized spacial score (nSPS) is 14.7. The Morgan fingerprint density at radius 2 is 1.31 bits per heavy atom. The maximum absolute atomic E-state index is 4.53. The van der Waals surface area contributed by atoms with E-state index in [0.717, 1.165) is 30.4 Å². The lowest BCUT2D eigenvalue weighted by molar-refractivity contribution is 0.870. The van der Waals surface area contributed by atoms with E-state index in [0.29, 0.717) is 0 Å². The zero-order chi connectivity index (χ0) is 12.1. The third kappa shape index (κ3) is 2.71. The van der Waals surface area contributed by atoms with Gasteiger partial charge in [0.2, 0.25) is 5.95 Å². The molecule has 3 nitrogen and oxygen atoms in total. The number of rotatable bonds is 1. The smallest absolute Gasteiger partial charge is 0.225 e. The number of anilines is 1. The summed E-state index contributed by atoms with van der Waals surface area (Å²) >= 11 is 0. The maximum atomic E-state index is 4.53. The zero-order valence-corrected chi connectivity index (χ0v) is 11.2. The van der Waals surface area contributed by atoms with E-state index in [1.165, 1.54) is 18.4 Å². The lowest BCUT2D eigenvalue weighted by atomic mass is 10.2. The molecule has 1 aromatic rings. The van der Waals surface area contributed by atoms with E-state index in [9.17, 15) is 0 Å². The molecule has 2 rings (SSSR count). The zero-order valence-electron chi connectivity index (χ0n) is 11.2. The Hall–Kier alpha value is -1.12. The molecule has 2 heterocycles. The van der Waals surface area contributed by atoms with Gasteiger partial charge in [0.05, 0.1) is 0 Å².